The van der Waals surface area contributed by atoms with Gasteiger partial charge in [-0.3, -0.25) is 0 Å². The Bertz CT molecular complexity index is 406. The first-order chi connectivity index (χ1) is 9.61. The van der Waals surface area contributed by atoms with Gasteiger partial charge in [-0.05, 0) is 38.5 Å². The molecule has 6 heteroatoms. The topological polar surface area (TPSA) is 30.5 Å². The molecule has 0 amide bonds. The van der Waals surface area contributed by atoms with Crippen LogP contribution in [0.3, 0.4) is 0 Å². The lowest BCUT2D eigenvalue weighted by atomic mass is 10.1. The zero-order valence-electron chi connectivity index (χ0n) is 12.8. The van der Waals surface area contributed by atoms with Crippen LogP contribution in [0.4, 0.5) is 13.2 Å². The second-order valence-corrected chi connectivity index (χ2v) is 5.82. The van der Waals surface area contributed by atoms with Gasteiger partial charge in [-0.15, -0.1) is 0 Å². The average molecular weight is 305 g/mol. The Morgan fingerprint density at radius 1 is 1.10 bits per heavy atom. The minimum Gasteiger partial charge on any atom is -0.497 e. The van der Waals surface area contributed by atoms with E-state index >= 15 is 0 Å². The normalized spacial score (nSPS) is 14.0. The van der Waals surface area contributed by atoms with E-state index in [2.05, 4.69) is 5.32 Å². The molecule has 0 radical (unpaired) electrons. The standard InChI is InChI=1S/C15H22F3NO2/c1-14(2,3)19-9-13(21-10-15(16,17)18)11-5-7-12(20-4)8-6-11/h5-8,13,19H,9-10H2,1-4H3. The summed E-state index contributed by atoms with van der Waals surface area (Å²) in [6, 6.07) is 6.83. The van der Waals surface area contributed by atoms with Crippen molar-refractivity contribution >= 4 is 0 Å². The van der Waals surface area contributed by atoms with Crippen molar-refractivity contribution in [1.29, 1.82) is 0 Å². The molecule has 0 bridgehead atoms. The predicted molar refractivity (Wildman–Crippen MR) is 75.5 cm³/mol. The summed E-state index contributed by atoms with van der Waals surface area (Å²) in [7, 11) is 1.54. The molecule has 21 heavy (non-hydrogen) atoms. The summed E-state index contributed by atoms with van der Waals surface area (Å²) in [5, 5.41) is 3.16. The number of alkyl halides is 3. The number of methoxy groups -OCH3 is 1. The summed E-state index contributed by atoms with van der Waals surface area (Å²) in [6.07, 6.45) is -5.01. The van der Waals surface area contributed by atoms with E-state index in [1.54, 1.807) is 24.3 Å². The van der Waals surface area contributed by atoms with Crippen LogP contribution < -0.4 is 10.1 Å². The Morgan fingerprint density at radius 3 is 2.10 bits per heavy atom. The summed E-state index contributed by atoms with van der Waals surface area (Å²) in [4.78, 5) is 0. The van der Waals surface area contributed by atoms with Crippen molar-refractivity contribution in [3.8, 4) is 5.75 Å². The fourth-order valence-corrected chi connectivity index (χ4v) is 1.69. The minimum absolute atomic E-state index is 0.202. The van der Waals surface area contributed by atoms with Gasteiger partial charge in [-0.2, -0.15) is 13.2 Å². The highest BCUT2D eigenvalue weighted by Gasteiger charge is 2.30. The Balaban J connectivity index is 2.78. The monoisotopic (exact) mass is 305 g/mol. The maximum absolute atomic E-state index is 12.4. The molecule has 0 aliphatic carbocycles. The van der Waals surface area contributed by atoms with Crippen molar-refractivity contribution in [3.63, 3.8) is 0 Å². The highest BCUT2D eigenvalue weighted by Crippen LogP contribution is 2.24. The molecule has 1 unspecified atom stereocenters. The number of ether oxygens (including phenoxy) is 2. The van der Waals surface area contributed by atoms with Crippen molar-refractivity contribution in [3.05, 3.63) is 29.8 Å². The minimum atomic E-state index is -4.34. The molecule has 120 valence electrons. The molecular formula is C15H22F3NO2. The second kappa shape index (κ2) is 7.13. The highest BCUT2D eigenvalue weighted by molar-refractivity contribution is 5.28. The van der Waals surface area contributed by atoms with E-state index in [1.807, 2.05) is 20.8 Å². The van der Waals surface area contributed by atoms with Gasteiger partial charge in [0.15, 0.2) is 0 Å². The van der Waals surface area contributed by atoms with Crippen molar-refractivity contribution in [2.24, 2.45) is 0 Å². The number of nitrogens with one attached hydrogen (secondary N) is 1. The molecular weight excluding hydrogens is 283 g/mol. The average Bonchev–Trinajstić information content (AvgIpc) is 2.36. The molecule has 0 heterocycles. The third-order valence-corrected chi connectivity index (χ3v) is 2.75. The van der Waals surface area contributed by atoms with Crippen LogP contribution in [0.5, 0.6) is 5.75 Å². The van der Waals surface area contributed by atoms with E-state index in [4.69, 9.17) is 9.47 Å². The van der Waals surface area contributed by atoms with Gasteiger partial charge in [-0.25, -0.2) is 0 Å². The van der Waals surface area contributed by atoms with Crippen molar-refractivity contribution < 1.29 is 22.6 Å². The lowest BCUT2D eigenvalue weighted by Gasteiger charge is -2.26. The molecule has 1 rings (SSSR count). The number of halogens is 3. The first kappa shape index (κ1) is 17.8. The van der Waals surface area contributed by atoms with Crippen LogP contribution in [0.15, 0.2) is 24.3 Å². The summed E-state index contributed by atoms with van der Waals surface area (Å²) in [5.74, 6) is 0.650. The van der Waals surface area contributed by atoms with Crippen molar-refractivity contribution in [2.75, 3.05) is 20.3 Å². The summed E-state index contributed by atoms with van der Waals surface area (Å²) in [6.45, 7) is 4.87. The van der Waals surface area contributed by atoms with Crippen molar-refractivity contribution in [1.82, 2.24) is 5.32 Å². The number of hydrogen-bond acceptors (Lipinski definition) is 3. The van der Waals surface area contributed by atoms with Crippen LogP contribution in [-0.2, 0) is 4.74 Å². The molecule has 0 fully saturated rings. The lowest BCUT2D eigenvalue weighted by Crippen LogP contribution is -2.39. The first-order valence-corrected chi connectivity index (χ1v) is 6.68. The number of rotatable bonds is 6. The maximum Gasteiger partial charge on any atom is 0.411 e. The smallest absolute Gasteiger partial charge is 0.411 e. The maximum atomic E-state index is 12.4. The van der Waals surface area contributed by atoms with Crippen LogP contribution in [0.2, 0.25) is 0 Å². The Labute approximate surface area is 123 Å². The molecule has 1 atom stereocenters. The van der Waals surface area contributed by atoms with Gasteiger partial charge in [0, 0.05) is 12.1 Å². The van der Waals surface area contributed by atoms with Gasteiger partial charge in [0.05, 0.1) is 13.2 Å². The highest BCUT2D eigenvalue weighted by atomic mass is 19.4. The zero-order chi connectivity index (χ0) is 16.1. The largest absolute Gasteiger partial charge is 0.497 e. The van der Waals surface area contributed by atoms with Crippen LogP contribution in [0, 0.1) is 0 Å². The van der Waals surface area contributed by atoms with Gasteiger partial charge in [0.1, 0.15) is 12.4 Å². The van der Waals surface area contributed by atoms with Crippen LogP contribution >= 0.6 is 0 Å². The molecule has 0 saturated carbocycles. The molecule has 1 aromatic rings. The molecule has 0 spiro atoms. The predicted octanol–water partition coefficient (Wildman–Crippen LogP) is 3.70. The van der Waals surface area contributed by atoms with Gasteiger partial charge in [0.2, 0.25) is 0 Å². The fourth-order valence-electron chi connectivity index (χ4n) is 1.69. The molecule has 0 aliphatic rings. The van der Waals surface area contributed by atoms with E-state index < -0.39 is 18.9 Å². The molecule has 1 aromatic carbocycles. The number of hydrogen-bond donors (Lipinski definition) is 1. The second-order valence-electron chi connectivity index (χ2n) is 5.82. The summed E-state index contributed by atoms with van der Waals surface area (Å²) >= 11 is 0. The van der Waals surface area contributed by atoms with Gasteiger partial charge in [0.25, 0.3) is 0 Å². The van der Waals surface area contributed by atoms with Crippen molar-refractivity contribution in [2.45, 2.75) is 38.6 Å². The van der Waals surface area contributed by atoms with Gasteiger partial charge in [-0.1, -0.05) is 12.1 Å². The van der Waals surface area contributed by atoms with Gasteiger partial charge < -0.3 is 14.8 Å². The third kappa shape index (κ3) is 7.34. The SMILES string of the molecule is COc1ccc(C(CNC(C)(C)C)OCC(F)(F)F)cc1. The lowest BCUT2D eigenvalue weighted by molar-refractivity contribution is -0.186. The van der Waals surface area contributed by atoms with E-state index in [1.165, 1.54) is 7.11 Å². The summed E-state index contributed by atoms with van der Waals surface area (Å²) < 4.78 is 47.2. The first-order valence-electron chi connectivity index (χ1n) is 6.68. The zero-order valence-corrected chi connectivity index (χ0v) is 12.8. The van der Waals surface area contributed by atoms with E-state index in [9.17, 15) is 13.2 Å². The molecule has 0 aliphatic heterocycles. The molecule has 3 nitrogen and oxygen atoms in total. The Kier molecular flexibility index (Phi) is 6.04. The fraction of sp³-hybridized carbons (Fsp3) is 0.600. The number of benzene rings is 1. The molecule has 1 N–H and O–H groups in total. The van der Waals surface area contributed by atoms with E-state index in [0.29, 0.717) is 17.9 Å². The van der Waals surface area contributed by atoms with Crippen LogP contribution in [0.25, 0.3) is 0 Å². The van der Waals surface area contributed by atoms with Gasteiger partial charge >= 0.3 is 6.18 Å². The van der Waals surface area contributed by atoms with Crippen LogP contribution in [0.1, 0.15) is 32.4 Å². The quantitative estimate of drug-likeness (QED) is 0.869. The molecule has 0 aromatic heterocycles. The molecule has 0 saturated heterocycles. The summed E-state index contributed by atoms with van der Waals surface area (Å²) in [5.41, 5.74) is 0.476. The van der Waals surface area contributed by atoms with Crippen LogP contribution in [-0.4, -0.2) is 32.0 Å². The Morgan fingerprint density at radius 2 is 1.67 bits per heavy atom. The third-order valence-electron chi connectivity index (χ3n) is 2.75. The van der Waals surface area contributed by atoms with E-state index in [0.717, 1.165) is 0 Å². The van der Waals surface area contributed by atoms with E-state index in [-0.39, 0.29) is 5.54 Å². The Hall–Kier alpha value is -1.27.